The molecule has 2 aliphatic rings. The van der Waals surface area contributed by atoms with Gasteiger partial charge in [-0.05, 0) is 57.8 Å². The van der Waals surface area contributed by atoms with Crippen molar-refractivity contribution in [2.45, 2.75) is 228 Å². The summed E-state index contributed by atoms with van der Waals surface area (Å²) in [7, 11) is -2.39. The summed E-state index contributed by atoms with van der Waals surface area (Å²) in [5.41, 5.74) is 6.38. The van der Waals surface area contributed by atoms with Crippen LogP contribution in [0.25, 0.3) is 21.9 Å². The van der Waals surface area contributed by atoms with Crippen LogP contribution in [0, 0.1) is 5.41 Å². The minimum atomic E-state index is -1.58. The van der Waals surface area contributed by atoms with Crippen LogP contribution in [0.1, 0.15) is 228 Å². The predicted octanol–water partition coefficient (Wildman–Crippen LogP) is 18.8. The molecule has 0 N–H and O–H groups in total. The molecule has 3 aromatic rings. The molecule has 1 spiro atoms. The fourth-order valence-electron chi connectivity index (χ4n) is 8.27. The van der Waals surface area contributed by atoms with Crippen LogP contribution in [-0.4, -0.2) is 46.8 Å². The second-order valence-corrected chi connectivity index (χ2v) is 27.0. The maximum absolute atomic E-state index is 6.68. The highest BCUT2D eigenvalue weighted by atomic mass is 31.2. The van der Waals surface area contributed by atoms with E-state index in [0.717, 1.165) is 41.4 Å². The Balaban J connectivity index is 0.000000294. The van der Waals surface area contributed by atoms with Crippen LogP contribution in [0.15, 0.2) is 32.7 Å². The monoisotopic (exact) mass is 993 g/mol. The molecule has 0 bridgehead atoms. The summed E-state index contributed by atoms with van der Waals surface area (Å²) in [6.45, 7) is 35.1. The Morgan fingerprint density at radius 3 is 1.16 bits per heavy atom. The Morgan fingerprint density at radius 2 is 0.821 bits per heavy atom. The van der Waals surface area contributed by atoms with E-state index in [4.69, 9.17) is 40.1 Å². The maximum Gasteiger partial charge on any atom is 0.387 e. The summed E-state index contributed by atoms with van der Waals surface area (Å²) in [5.74, 6) is 0. The van der Waals surface area contributed by atoms with Crippen molar-refractivity contribution in [1.82, 2.24) is 0 Å². The molecule has 0 saturated carbocycles. The Bertz CT molecular complexity index is 1820. The largest absolute Gasteiger partial charge is 0.399 e. The lowest BCUT2D eigenvalue weighted by Crippen LogP contribution is -2.44. The quantitative estimate of drug-likeness (QED) is 0.0721. The van der Waals surface area contributed by atoms with E-state index in [9.17, 15) is 0 Å². The summed E-state index contributed by atoms with van der Waals surface area (Å²) in [4.78, 5) is 0. The van der Waals surface area contributed by atoms with E-state index in [1.54, 1.807) is 7.11 Å². The van der Waals surface area contributed by atoms with Gasteiger partial charge in [0.1, 0.15) is 11.2 Å². The van der Waals surface area contributed by atoms with Crippen LogP contribution in [0.4, 0.5) is 0 Å². The lowest BCUT2D eigenvalue weighted by Gasteiger charge is -2.41. The molecule has 2 fully saturated rings. The second kappa shape index (κ2) is 27.7. The minimum absolute atomic E-state index is 0.000292. The van der Waals surface area contributed by atoms with Gasteiger partial charge in [0.05, 0.1) is 45.1 Å². The fraction of sp³-hybridized carbons (Fsp3) is 0.782. The molecule has 12 heteroatoms. The first kappa shape index (κ1) is 58.5. The zero-order valence-electron chi connectivity index (χ0n) is 45.1. The number of unbranched alkanes of at least 4 members (excludes halogenated alkanes) is 15. The van der Waals surface area contributed by atoms with E-state index < -0.39 is 25.4 Å². The van der Waals surface area contributed by atoms with Crippen LogP contribution in [0.5, 0.6) is 0 Å². The Morgan fingerprint density at radius 1 is 0.448 bits per heavy atom. The Labute approximate surface area is 412 Å². The van der Waals surface area contributed by atoms with Gasteiger partial charge in [-0.1, -0.05) is 205 Å². The number of hydrogen-bond acceptors (Lipinski definition) is 9. The molecule has 0 unspecified atom stereocenters. The van der Waals surface area contributed by atoms with Crippen LogP contribution in [0.2, 0.25) is 0 Å². The summed E-state index contributed by atoms with van der Waals surface area (Å²) < 4.78 is 53.2. The molecule has 2 aliphatic heterocycles. The van der Waals surface area contributed by atoms with E-state index in [-0.39, 0.29) is 27.1 Å². The highest BCUT2D eigenvalue weighted by Gasteiger charge is 2.43. The fourth-order valence-corrected chi connectivity index (χ4v) is 11.7. The first-order chi connectivity index (χ1) is 31.6. The molecular weight excluding hydrogens is 898 g/mol. The predicted molar refractivity (Wildman–Crippen MR) is 285 cm³/mol. The molecule has 0 amide bonds. The van der Waals surface area contributed by atoms with E-state index in [2.05, 4.69) is 121 Å². The molecule has 0 aliphatic carbocycles. The molecule has 67 heavy (non-hydrogen) atoms. The summed E-state index contributed by atoms with van der Waals surface area (Å²) in [6, 6.07) is 9.31. The normalized spacial score (nSPS) is 19.6. The average molecular weight is 993 g/mol. The van der Waals surface area contributed by atoms with Gasteiger partial charge in [-0.25, -0.2) is 0 Å². The van der Waals surface area contributed by atoms with Gasteiger partial charge in [0.25, 0.3) is 0 Å². The summed E-state index contributed by atoms with van der Waals surface area (Å²) >= 11 is 0. The standard InChI is InChI=1S/C31H47O3P.C24H48O6P2/c1-14-15-32-35-33-26-22(16-20(28(2,3)4)18-24(26)30(8,9)10)23-17-21(29(5,6)7)19-25(27(23)34-35)31(11,12)13;1-3-4-5-6-7-8-9-10-11-12-13-14-15-16-17-18-19-26-32-29-22-24(23-30-32)20-27-31(25-2)28-21-24/h16-19H,14-15H2,1-13H3;3-23H2,1-2H3. The van der Waals surface area contributed by atoms with Gasteiger partial charge in [0, 0.05) is 29.0 Å². The van der Waals surface area contributed by atoms with Gasteiger partial charge in [0.2, 0.25) is 0 Å². The van der Waals surface area contributed by atoms with Crippen LogP contribution < -0.4 is 4.52 Å². The molecule has 9 nitrogen and oxygen atoms in total. The zero-order valence-corrected chi connectivity index (χ0v) is 47.8. The average Bonchev–Trinajstić information content (AvgIpc) is 3.42. The van der Waals surface area contributed by atoms with Crippen molar-refractivity contribution >= 4 is 47.4 Å². The van der Waals surface area contributed by atoms with Gasteiger partial charge in [-0.2, -0.15) is 0 Å². The summed E-state index contributed by atoms with van der Waals surface area (Å²) in [6.07, 6.45) is 23.0. The third-order valence-corrected chi connectivity index (χ3v) is 15.9. The van der Waals surface area contributed by atoms with E-state index in [1.807, 2.05) is 0 Å². The van der Waals surface area contributed by atoms with Crippen molar-refractivity contribution in [3.63, 3.8) is 0 Å². The smallest absolute Gasteiger partial charge is 0.387 e. The number of hydrogen-bond donors (Lipinski definition) is 0. The van der Waals surface area contributed by atoms with Crippen LogP contribution in [0.3, 0.4) is 0 Å². The number of fused-ring (bicyclic) bond motifs is 3. The van der Waals surface area contributed by atoms with Crippen LogP contribution >= 0.6 is 25.4 Å². The maximum atomic E-state index is 6.68. The Kier molecular flexibility index (Phi) is 24.2. The molecule has 2 aromatic carbocycles. The van der Waals surface area contributed by atoms with Gasteiger partial charge < -0.3 is 35.5 Å². The third-order valence-electron chi connectivity index (χ3n) is 12.8. The number of benzene rings is 2. The number of rotatable bonds is 22. The molecule has 384 valence electrons. The Hall–Kier alpha value is -1.08. The van der Waals surface area contributed by atoms with Gasteiger partial charge in [-0.3, -0.25) is 4.52 Å². The lowest BCUT2D eigenvalue weighted by atomic mass is 9.77. The van der Waals surface area contributed by atoms with E-state index in [0.29, 0.717) is 33.0 Å². The van der Waals surface area contributed by atoms with Crippen molar-refractivity contribution in [3.8, 4) is 0 Å². The van der Waals surface area contributed by atoms with E-state index >= 15 is 0 Å². The molecule has 1 aromatic heterocycles. The molecule has 0 radical (unpaired) electrons. The molecule has 3 heterocycles. The van der Waals surface area contributed by atoms with Crippen LogP contribution in [-0.2, 0) is 48.8 Å². The second-order valence-electron chi connectivity index (χ2n) is 23.4. The van der Waals surface area contributed by atoms with Crippen molar-refractivity contribution in [3.05, 3.63) is 46.5 Å². The zero-order chi connectivity index (χ0) is 49.3. The first-order valence-electron chi connectivity index (χ1n) is 26.1. The first-order valence-corrected chi connectivity index (χ1v) is 29.4. The van der Waals surface area contributed by atoms with Crippen molar-refractivity contribution in [1.29, 1.82) is 0 Å². The highest BCUT2D eigenvalue weighted by Crippen LogP contribution is 2.53. The lowest BCUT2D eigenvalue weighted by molar-refractivity contribution is -0.0745. The van der Waals surface area contributed by atoms with Gasteiger partial charge >= 0.3 is 25.4 Å². The summed E-state index contributed by atoms with van der Waals surface area (Å²) in [5, 5.41) is 2.22. The highest BCUT2D eigenvalue weighted by molar-refractivity contribution is 7.42. The topological polar surface area (TPSA) is 90.9 Å². The molecular formula is C55H95O9P3. The van der Waals surface area contributed by atoms with Crippen molar-refractivity contribution < 1.29 is 40.1 Å². The molecule has 0 atom stereocenters. The van der Waals surface area contributed by atoms with Gasteiger partial charge in [0.15, 0.2) is 0 Å². The third kappa shape index (κ3) is 19.1. The van der Waals surface area contributed by atoms with Crippen molar-refractivity contribution in [2.24, 2.45) is 5.41 Å². The van der Waals surface area contributed by atoms with E-state index in [1.165, 1.54) is 119 Å². The molecule has 2 saturated heterocycles. The minimum Gasteiger partial charge on any atom is -0.399 e. The van der Waals surface area contributed by atoms with Crippen molar-refractivity contribution in [2.75, 3.05) is 46.8 Å². The van der Waals surface area contributed by atoms with Gasteiger partial charge in [-0.15, -0.1) is 0 Å². The molecule has 5 rings (SSSR count). The SMILES string of the molecule is CCCCCCCCCCCCCCCCCCOP1OCC2(COP(OC)OC2)CO1.CCCOp1oc2c(C(C)(C)C)cc(C(C)(C)C)cc2c2cc(C(C)(C)C)cc(C(C)(C)C)c2o1.